The summed E-state index contributed by atoms with van der Waals surface area (Å²) in [6.45, 7) is 2.35. The molecule has 0 spiro atoms. The van der Waals surface area contributed by atoms with Gasteiger partial charge >= 0.3 is 0 Å². The summed E-state index contributed by atoms with van der Waals surface area (Å²) in [6, 6.07) is 11.9. The highest BCUT2D eigenvalue weighted by molar-refractivity contribution is 7.92. The van der Waals surface area contributed by atoms with Crippen LogP contribution >= 0.6 is 0 Å². The third-order valence-electron chi connectivity index (χ3n) is 5.06. The summed E-state index contributed by atoms with van der Waals surface area (Å²) in [5, 5.41) is 5.10. The molecule has 1 unspecified atom stereocenters. The van der Waals surface area contributed by atoms with Crippen molar-refractivity contribution in [3.8, 4) is 28.6 Å². The van der Waals surface area contributed by atoms with Crippen molar-refractivity contribution in [3.63, 3.8) is 0 Å². The molecule has 1 aromatic heterocycles. The van der Waals surface area contributed by atoms with Crippen LogP contribution in [0.25, 0.3) is 11.4 Å². The number of carbonyl (C=O) groups excluding carboxylic acids is 1. The number of carbonyl (C=O) groups is 1. The van der Waals surface area contributed by atoms with Crippen molar-refractivity contribution in [1.29, 1.82) is 0 Å². The fourth-order valence-electron chi connectivity index (χ4n) is 3.20. The minimum atomic E-state index is -3.94. The van der Waals surface area contributed by atoms with Gasteiger partial charge in [-0.25, -0.2) is 8.42 Å². The summed E-state index contributed by atoms with van der Waals surface area (Å²) in [4.78, 5) is 16.8. The first-order chi connectivity index (χ1) is 15.9. The van der Waals surface area contributed by atoms with Crippen LogP contribution in [-0.4, -0.2) is 50.0 Å². The van der Waals surface area contributed by atoms with Crippen molar-refractivity contribution in [3.05, 3.63) is 48.4 Å². The number of rotatable bonds is 7. The summed E-state index contributed by atoms with van der Waals surface area (Å²) in [7, 11) is -2.43. The standard InChI is InChI=1S/C22H23N3O7S/c1-14(22(26)23-15-8-9-18-19(12-15)31-11-5-10-30-18)33(27,28)13-20-24-21(25-32-20)16-6-3-4-7-17(16)29-2/h3-4,6-9,12,14H,5,10-11,13H2,1-2H3,(H,23,26). The summed E-state index contributed by atoms with van der Waals surface area (Å²) in [6.07, 6.45) is 0.750. The zero-order valence-corrected chi connectivity index (χ0v) is 18.9. The number of benzene rings is 2. The third-order valence-corrected chi connectivity index (χ3v) is 7.00. The molecule has 2 heterocycles. The molecule has 174 valence electrons. The number of ether oxygens (including phenoxy) is 3. The van der Waals surface area contributed by atoms with Crippen molar-refractivity contribution in [1.82, 2.24) is 10.1 Å². The number of anilines is 1. The van der Waals surface area contributed by atoms with E-state index in [1.54, 1.807) is 42.5 Å². The van der Waals surface area contributed by atoms with Gasteiger partial charge < -0.3 is 24.1 Å². The minimum absolute atomic E-state index is 0.119. The maximum absolute atomic E-state index is 12.8. The predicted octanol–water partition coefficient (Wildman–Crippen LogP) is 2.85. The van der Waals surface area contributed by atoms with Gasteiger partial charge in [-0.1, -0.05) is 17.3 Å². The Morgan fingerprint density at radius 3 is 2.70 bits per heavy atom. The highest BCUT2D eigenvalue weighted by Gasteiger charge is 2.31. The number of aromatic nitrogens is 2. The lowest BCUT2D eigenvalue weighted by Crippen LogP contribution is -2.33. The monoisotopic (exact) mass is 473 g/mol. The van der Waals surface area contributed by atoms with E-state index in [1.807, 2.05) is 0 Å². The molecule has 1 amide bonds. The van der Waals surface area contributed by atoms with Gasteiger partial charge in [-0.3, -0.25) is 4.79 Å². The summed E-state index contributed by atoms with van der Waals surface area (Å²) in [5.74, 6) is 0.409. The highest BCUT2D eigenvalue weighted by atomic mass is 32.2. The number of para-hydroxylation sites is 1. The van der Waals surface area contributed by atoms with Crippen LogP contribution in [0.4, 0.5) is 5.69 Å². The van der Waals surface area contributed by atoms with Gasteiger partial charge in [0, 0.05) is 18.2 Å². The van der Waals surface area contributed by atoms with Crippen LogP contribution in [0.5, 0.6) is 17.2 Å². The Balaban J connectivity index is 1.45. The SMILES string of the molecule is COc1ccccc1-c1noc(CS(=O)(=O)C(C)C(=O)Nc2ccc3c(c2)OCCCO3)n1. The first-order valence-electron chi connectivity index (χ1n) is 10.3. The fourth-order valence-corrected chi connectivity index (χ4v) is 4.29. The van der Waals surface area contributed by atoms with Gasteiger partial charge in [0.25, 0.3) is 0 Å². The van der Waals surface area contributed by atoms with Gasteiger partial charge in [-0.05, 0) is 31.2 Å². The average molecular weight is 474 g/mol. The number of amides is 1. The molecule has 1 aliphatic rings. The molecule has 1 N–H and O–H groups in total. The van der Waals surface area contributed by atoms with Crippen molar-refractivity contribution in [2.24, 2.45) is 0 Å². The fraction of sp³-hybridized carbons (Fsp3) is 0.318. The zero-order valence-electron chi connectivity index (χ0n) is 18.1. The van der Waals surface area contributed by atoms with Gasteiger partial charge in [-0.15, -0.1) is 0 Å². The molecule has 0 saturated carbocycles. The lowest BCUT2D eigenvalue weighted by atomic mass is 10.2. The Morgan fingerprint density at radius 1 is 1.15 bits per heavy atom. The molecule has 0 saturated heterocycles. The summed E-state index contributed by atoms with van der Waals surface area (Å²) < 4.78 is 47.2. The number of hydrogen-bond acceptors (Lipinski definition) is 9. The van der Waals surface area contributed by atoms with E-state index in [9.17, 15) is 13.2 Å². The smallest absolute Gasteiger partial charge is 0.242 e. The second-order valence-electron chi connectivity index (χ2n) is 7.36. The molecule has 10 nitrogen and oxygen atoms in total. The molecule has 3 aromatic rings. The largest absolute Gasteiger partial charge is 0.496 e. The molecule has 1 atom stereocenters. The second kappa shape index (κ2) is 9.49. The van der Waals surface area contributed by atoms with Gasteiger partial charge in [0.15, 0.2) is 21.3 Å². The molecule has 33 heavy (non-hydrogen) atoms. The van der Waals surface area contributed by atoms with E-state index in [0.29, 0.717) is 41.7 Å². The van der Waals surface area contributed by atoms with Gasteiger partial charge in [-0.2, -0.15) is 4.98 Å². The van der Waals surface area contributed by atoms with Crippen molar-refractivity contribution < 1.29 is 31.9 Å². The molecule has 4 rings (SSSR count). The number of methoxy groups -OCH3 is 1. The number of nitrogens with zero attached hydrogens (tertiary/aromatic N) is 2. The van der Waals surface area contributed by atoms with Crippen LogP contribution in [-0.2, 0) is 20.4 Å². The first kappa shape index (κ1) is 22.6. The molecule has 0 fully saturated rings. The maximum Gasteiger partial charge on any atom is 0.242 e. The van der Waals surface area contributed by atoms with E-state index in [0.717, 1.165) is 6.42 Å². The van der Waals surface area contributed by atoms with Gasteiger partial charge in [0.05, 0.1) is 25.9 Å². The number of nitrogens with one attached hydrogen (secondary N) is 1. The van der Waals surface area contributed by atoms with Crippen molar-refractivity contribution in [2.75, 3.05) is 25.6 Å². The molecule has 11 heteroatoms. The summed E-state index contributed by atoms with van der Waals surface area (Å²) >= 11 is 0. The first-order valence-corrected chi connectivity index (χ1v) is 12.0. The molecule has 0 bridgehead atoms. The maximum atomic E-state index is 12.8. The van der Waals surface area contributed by atoms with Crippen molar-refractivity contribution >= 4 is 21.4 Å². The Bertz CT molecular complexity index is 1260. The predicted molar refractivity (Wildman–Crippen MR) is 119 cm³/mol. The minimum Gasteiger partial charge on any atom is -0.496 e. The lowest BCUT2D eigenvalue weighted by Gasteiger charge is -2.14. The quantitative estimate of drug-likeness (QED) is 0.550. The molecule has 2 aromatic carbocycles. The van der Waals surface area contributed by atoms with E-state index in [4.69, 9.17) is 18.7 Å². The van der Waals surface area contributed by atoms with Crippen LogP contribution in [0.2, 0.25) is 0 Å². The van der Waals surface area contributed by atoms with Crippen molar-refractivity contribution in [2.45, 2.75) is 24.3 Å². The Kier molecular flexibility index (Phi) is 6.50. The van der Waals surface area contributed by atoms with Crippen LogP contribution in [0.3, 0.4) is 0 Å². The van der Waals surface area contributed by atoms with E-state index in [2.05, 4.69) is 15.5 Å². The average Bonchev–Trinajstić information content (AvgIpc) is 3.13. The van der Waals surface area contributed by atoms with Crippen LogP contribution in [0.15, 0.2) is 47.0 Å². The molecular formula is C22H23N3O7S. The Labute approximate surface area is 190 Å². The van der Waals surface area contributed by atoms with E-state index >= 15 is 0 Å². The molecule has 1 aliphatic heterocycles. The van der Waals surface area contributed by atoms with E-state index in [1.165, 1.54) is 14.0 Å². The number of hydrogen-bond donors (Lipinski definition) is 1. The van der Waals surface area contributed by atoms with Gasteiger partial charge in [0.2, 0.25) is 17.6 Å². The summed E-state index contributed by atoms with van der Waals surface area (Å²) in [5.41, 5.74) is 0.968. The Hall–Kier alpha value is -3.60. The van der Waals surface area contributed by atoms with E-state index in [-0.39, 0.29) is 11.7 Å². The lowest BCUT2D eigenvalue weighted by molar-refractivity contribution is -0.115. The third kappa shape index (κ3) is 5.08. The Morgan fingerprint density at radius 2 is 1.91 bits per heavy atom. The number of sulfone groups is 1. The van der Waals surface area contributed by atoms with Crippen LogP contribution in [0.1, 0.15) is 19.2 Å². The highest BCUT2D eigenvalue weighted by Crippen LogP contribution is 2.32. The number of fused-ring (bicyclic) bond motifs is 1. The zero-order chi connectivity index (χ0) is 23.4. The van der Waals surface area contributed by atoms with Gasteiger partial charge in [0.1, 0.15) is 16.8 Å². The molecule has 0 aliphatic carbocycles. The second-order valence-corrected chi connectivity index (χ2v) is 9.68. The normalized spacial score (nSPS) is 14.2. The molecular weight excluding hydrogens is 450 g/mol. The van der Waals surface area contributed by atoms with Crippen LogP contribution in [0, 0.1) is 0 Å². The van der Waals surface area contributed by atoms with Crippen LogP contribution < -0.4 is 19.5 Å². The van der Waals surface area contributed by atoms with E-state index < -0.39 is 26.7 Å². The molecule has 0 radical (unpaired) electrons. The topological polar surface area (TPSA) is 130 Å².